The molecule has 3 aromatic rings. The quantitative estimate of drug-likeness (QED) is 0.405. The predicted octanol–water partition coefficient (Wildman–Crippen LogP) is 4.55. The van der Waals surface area contributed by atoms with Gasteiger partial charge in [0, 0.05) is 43.0 Å². The van der Waals surface area contributed by atoms with Crippen LogP contribution in [0.5, 0.6) is 11.5 Å². The van der Waals surface area contributed by atoms with Crippen LogP contribution < -0.4 is 9.47 Å². The van der Waals surface area contributed by atoms with Gasteiger partial charge in [0.05, 0.1) is 25.2 Å². The minimum absolute atomic E-state index is 0.134. The fourth-order valence-corrected chi connectivity index (χ4v) is 5.47. The smallest absolute Gasteiger partial charge is 0.243 e. The van der Waals surface area contributed by atoms with Crippen molar-refractivity contribution in [2.24, 2.45) is 5.92 Å². The van der Waals surface area contributed by atoms with Crippen molar-refractivity contribution in [2.45, 2.75) is 24.4 Å². The zero-order chi connectivity index (χ0) is 24.0. The van der Waals surface area contributed by atoms with Gasteiger partial charge in [-0.25, -0.2) is 8.42 Å². The van der Waals surface area contributed by atoms with Crippen molar-refractivity contribution in [1.29, 1.82) is 0 Å². The molecule has 0 saturated carbocycles. The molecular formula is C25H27ClN2O5S. The van der Waals surface area contributed by atoms with Crippen molar-refractivity contribution < 1.29 is 22.6 Å². The Morgan fingerprint density at radius 1 is 1.09 bits per heavy atom. The Labute approximate surface area is 205 Å². The predicted molar refractivity (Wildman–Crippen MR) is 130 cm³/mol. The molecule has 1 aliphatic heterocycles. The number of ether oxygens (including phenoxy) is 3. The van der Waals surface area contributed by atoms with Crippen molar-refractivity contribution in [1.82, 2.24) is 9.29 Å². The molecule has 1 atom stereocenters. The molecule has 1 saturated heterocycles. The van der Waals surface area contributed by atoms with Crippen LogP contribution in [0.4, 0.5) is 0 Å². The van der Waals surface area contributed by atoms with Gasteiger partial charge in [-0.3, -0.25) is 4.98 Å². The van der Waals surface area contributed by atoms with E-state index in [9.17, 15) is 8.42 Å². The summed E-state index contributed by atoms with van der Waals surface area (Å²) in [6, 6.07) is 15.4. The first-order chi connectivity index (χ1) is 16.5. The van der Waals surface area contributed by atoms with Gasteiger partial charge in [-0.15, -0.1) is 0 Å². The molecule has 34 heavy (non-hydrogen) atoms. The van der Waals surface area contributed by atoms with E-state index in [1.165, 1.54) is 10.4 Å². The second-order valence-corrected chi connectivity index (χ2v) is 10.5. The van der Waals surface area contributed by atoms with Gasteiger partial charge in [0.1, 0.15) is 0 Å². The second-order valence-electron chi connectivity index (χ2n) is 8.12. The zero-order valence-electron chi connectivity index (χ0n) is 18.9. The number of halogens is 1. The molecule has 7 nitrogen and oxygen atoms in total. The second kappa shape index (κ2) is 11.2. The molecular weight excluding hydrogens is 476 g/mol. The number of hydrogen-bond acceptors (Lipinski definition) is 6. The van der Waals surface area contributed by atoms with Crippen LogP contribution in [0, 0.1) is 5.92 Å². The van der Waals surface area contributed by atoms with Gasteiger partial charge in [-0.1, -0.05) is 29.8 Å². The Morgan fingerprint density at radius 2 is 1.94 bits per heavy atom. The van der Waals surface area contributed by atoms with Gasteiger partial charge in [-0.2, -0.15) is 4.31 Å². The average molecular weight is 503 g/mol. The van der Waals surface area contributed by atoms with Gasteiger partial charge in [0.25, 0.3) is 0 Å². The molecule has 0 N–H and O–H groups in total. The fourth-order valence-electron chi connectivity index (χ4n) is 3.76. The molecule has 2 heterocycles. The summed E-state index contributed by atoms with van der Waals surface area (Å²) in [4.78, 5) is 4.26. The van der Waals surface area contributed by atoms with Gasteiger partial charge in [0.15, 0.2) is 11.5 Å². The molecule has 0 spiro atoms. The first kappa shape index (κ1) is 24.5. The highest BCUT2D eigenvalue weighted by Gasteiger charge is 2.26. The first-order valence-corrected chi connectivity index (χ1v) is 12.8. The number of nitrogens with zero attached hydrogens (tertiary/aromatic N) is 2. The van der Waals surface area contributed by atoms with Gasteiger partial charge in [-0.05, 0) is 53.9 Å². The lowest BCUT2D eigenvalue weighted by molar-refractivity contribution is 0.165. The number of pyridine rings is 1. The number of methoxy groups -OCH3 is 1. The third kappa shape index (κ3) is 6.07. The SMILES string of the molecule is COc1ccc(CN(Cc2cccnc2)S(=O)(=O)c2cccc(Cl)c2)cc1OC[C@H]1CCOC1. The number of sulfonamides is 1. The van der Waals surface area contributed by atoms with E-state index < -0.39 is 10.0 Å². The van der Waals surface area contributed by atoms with Crippen LogP contribution in [0.25, 0.3) is 0 Å². The third-order valence-corrected chi connectivity index (χ3v) is 7.62. The summed E-state index contributed by atoms with van der Waals surface area (Å²) in [5, 5.41) is 0.360. The van der Waals surface area contributed by atoms with E-state index in [2.05, 4.69) is 4.98 Å². The normalized spacial score (nSPS) is 16.0. The highest BCUT2D eigenvalue weighted by molar-refractivity contribution is 7.89. The maximum absolute atomic E-state index is 13.6. The molecule has 1 aromatic heterocycles. The van der Waals surface area contributed by atoms with Crippen LogP contribution >= 0.6 is 11.6 Å². The highest BCUT2D eigenvalue weighted by Crippen LogP contribution is 2.31. The Kier molecular flexibility index (Phi) is 8.05. The maximum Gasteiger partial charge on any atom is 0.243 e. The molecule has 0 aliphatic carbocycles. The monoisotopic (exact) mass is 502 g/mol. The molecule has 0 bridgehead atoms. The van der Waals surface area contributed by atoms with Gasteiger partial charge < -0.3 is 14.2 Å². The molecule has 180 valence electrons. The molecule has 0 radical (unpaired) electrons. The van der Waals surface area contributed by atoms with Crippen molar-refractivity contribution in [3.63, 3.8) is 0 Å². The average Bonchev–Trinajstić information content (AvgIpc) is 3.37. The Hall–Kier alpha value is -2.65. The molecule has 9 heteroatoms. The Balaban J connectivity index is 1.62. The summed E-state index contributed by atoms with van der Waals surface area (Å²) in [6.07, 6.45) is 4.27. The Morgan fingerprint density at radius 3 is 2.65 bits per heavy atom. The summed E-state index contributed by atoms with van der Waals surface area (Å²) in [6.45, 7) is 2.23. The van der Waals surface area contributed by atoms with Crippen molar-refractivity contribution in [3.8, 4) is 11.5 Å². The lowest BCUT2D eigenvalue weighted by Crippen LogP contribution is -2.30. The minimum atomic E-state index is -3.84. The van der Waals surface area contributed by atoms with Crippen LogP contribution in [0.15, 0.2) is 71.9 Å². The van der Waals surface area contributed by atoms with Crippen LogP contribution in [-0.4, -0.2) is 44.6 Å². The minimum Gasteiger partial charge on any atom is -0.493 e. The van der Waals surface area contributed by atoms with Crippen LogP contribution in [0.3, 0.4) is 0 Å². The maximum atomic E-state index is 13.6. The van der Waals surface area contributed by atoms with E-state index in [0.29, 0.717) is 35.7 Å². The molecule has 1 fully saturated rings. The highest BCUT2D eigenvalue weighted by atomic mass is 35.5. The van der Waals surface area contributed by atoms with E-state index in [0.717, 1.165) is 24.2 Å². The Bertz CT molecular complexity index is 1200. The third-order valence-electron chi connectivity index (χ3n) is 5.60. The lowest BCUT2D eigenvalue weighted by atomic mass is 10.1. The standard InChI is InChI=1S/C25H27ClN2O5S/c1-31-24-8-7-19(12-25(24)33-18-21-9-11-32-17-21)15-28(16-20-4-3-10-27-14-20)34(29,30)23-6-2-5-22(26)13-23/h2-8,10,12-14,21H,9,11,15-18H2,1H3/t21-/m0/s1. The van der Waals surface area contributed by atoms with Crippen LogP contribution in [-0.2, 0) is 27.8 Å². The van der Waals surface area contributed by atoms with Crippen LogP contribution in [0.1, 0.15) is 17.5 Å². The summed E-state index contributed by atoms with van der Waals surface area (Å²) >= 11 is 6.09. The van der Waals surface area contributed by atoms with E-state index in [4.69, 9.17) is 25.8 Å². The van der Waals surface area contributed by atoms with E-state index in [1.807, 2.05) is 18.2 Å². The van der Waals surface area contributed by atoms with Crippen molar-refractivity contribution >= 4 is 21.6 Å². The number of hydrogen-bond donors (Lipinski definition) is 0. The molecule has 0 amide bonds. The summed E-state index contributed by atoms with van der Waals surface area (Å²) < 4.78 is 45.5. The van der Waals surface area contributed by atoms with Gasteiger partial charge in [0.2, 0.25) is 10.0 Å². The number of rotatable bonds is 10. The number of aromatic nitrogens is 1. The summed E-state index contributed by atoms with van der Waals surface area (Å²) in [5.74, 6) is 1.51. The van der Waals surface area contributed by atoms with Crippen molar-refractivity contribution in [3.05, 3.63) is 83.1 Å². The zero-order valence-corrected chi connectivity index (χ0v) is 20.5. The largest absolute Gasteiger partial charge is 0.493 e. The van der Waals surface area contributed by atoms with E-state index in [-0.39, 0.29) is 18.0 Å². The fraction of sp³-hybridized carbons (Fsp3) is 0.320. The van der Waals surface area contributed by atoms with E-state index in [1.54, 1.807) is 49.8 Å². The molecule has 4 rings (SSSR count). The first-order valence-electron chi connectivity index (χ1n) is 11.0. The summed E-state index contributed by atoms with van der Waals surface area (Å²) in [7, 11) is -2.26. The van der Waals surface area contributed by atoms with E-state index >= 15 is 0 Å². The van der Waals surface area contributed by atoms with Crippen LogP contribution in [0.2, 0.25) is 5.02 Å². The van der Waals surface area contributed by atoms with Gasteiger partial charge >= 0.3 is 0 Å². The molecule has 0 unspecified atom stereocenters. The summed E-state index contributed by atoms with van der Waals surface area (Å²) in [5.41, 5.74) is 1.55. The molecule has 1 aliphatic rings. The van der Waals surface area contributed by atoms with Crippen molar-refractivity contribution in [2.75, 3.05) is 26.9 Å². The topological polar surface area (TPSA) is 78.0 Å². The lowest BCUT2D eigenvalue weighted by Gasteiger charge is -2.23. The molecule has 2 aromatic carbocycles. The number of benzene rings is 2.